The molecule has 0 aliphatic heterocycles. The number of hydrogen-bond donors (Lipinski definition) is 1. The van der Waals surface area contributed by atoms with Gasteiger partial charge in [-0.3, -0.25) is 0 Å². The molecule has 0 aromatic rings. The van der Waals surface area contributed by atoms with Crippen molar-refractivity contribution in [2.45, 2.75) is 0 Å². The third kappa shape index (κ3) is 54.5. The molecule has 0 aliphatic rings. The van der Waals surface area contributed by atoms with E-state index in [9.17, 15) is 0 Å². The van der Waals surface area contributed by atoms with E-state index in [1.54, 1.807) is 0 Å². The Labute approximate surface area is 109 Å². The molecule has 0 unspecified atom stereocenters. The second-order valence-electron chi connectivity index (χ2n) is 0. The third-order valence-electron chi connectivity index (χ3n) is 0. The van der Waals surface area contributed by atoms with Crippen molar-refractivity contribution in [1.82, 2.24) is 0 Å². The minimum absolute atomic E-state index is 0. The van der Waals surface area contributed by atoms with Gasteiger partial charge in [0.05, 0.1) is 0 Å². The maximum atomic E-state index is 8.50. The Bertz CT molecular complexity index is 23.7. The van der Waals surface area contributed by atoms with E-state index in [-0.39, 0.29) is 77.1 Å². The summed E-state index contributed by atoms with van der Waals surface area (Å²) in [6.07, 6.45) is 0. The van der Waals surface area contributed by atoms with Crippen LogP contribution in [-0.2, 0) is 24.3 Å². The van der Waals surface area contributed by atoms with Gasteiger partial charge in [-0.1, -0.05) is 4.53 Å². The first-order chi connectivity index (χ1) is 2.00. The van der Waals surface area contributed by atoms with E-state index >= 15 is 0 Å². The second kappa shape index (κ2) is 72.1. The Morgan fingerprint density at radius 1 is 1.43 bits per heavy atom. The zero-order valence-corrected chi connectivity index (χ0v) is 10.3. The molecule has 0 aromatic carbocycles. The van der Waals surface area contributed by atoms with Crippen LogP contribution >= 0.6 is 0 Å². The van der Waals surface area contributed by atoms with Crippen molar-refractivity contribution in [3.63, 3.8) is 0 Å². The first-order valence-electron chi connectivity index (χ1n) is 0.352. The second-order valence-corrected chi connectivity index (χ2v) is 0. The van der Waals surface area contributed by atoms with Crippen LogP contribution in [0.3, 0.4) is 0 Å². The number of rotatable bonds is 0. The van der Waals surface area contributed by atoms with Crippen molar-refractivity contribution in [1.29, 1.82) is 0 Å². The number of hydrogen-bond acceptors (Lipinski definition) is 2. The molecule has 3 N–H and O–H groups in total. The minimum atomic E-state index is 0. The van der Waals surface area contributed by atoms with Crippen LogP contribution in [0, 0.1) is 0 Å². The van der Waals surface area contributed by atoms with E-state index in [1.165, 1.54) is 0 Å². The van der Waals surface area contributed by atoms with Crippen LogP contribution in [0.4, 0.5) is 4.53 Å². The van der Waals surface area contributed by atoms with Gasteiger partial charge in [0.25, 0.3) is 0 Å². The maximum absolute atomic E-state index is 8.50. The third-order valence-corrected chi connectivity index (χ3v) is 0. The first kappa shape index (κ1) is 33.4. The zero-order chi connectivity index (χ0) is 4.00. The van der Waals surface area contributed by atoms with Gasteiger partial charge in [0.15, 0.2) is 0 Å². The van der Waals surface area contributed by atoms with E-state index in [2.05, 4.69) is 0 Å². The van der Waals surface area contributed by atoms with Crippen molar-refractivity contribution in [2.24, 2.45) is 0 Å². The van der Waals surface area contributed by atoms with E-state index in [0.717, 1.165) is 0 Å². The van der Waals surface area contributed by atoms with E-state index < -0.39 is 0 Å². The van der Waals surface area contributed by atoms with Gasteiger partial charge in [0.1, 0.15) is 0 Å². The molecule has 0 amide bonds. The van der Waals surface area contributed by atoms with Crippen LogP contribution in [-0.4, -0.2) is 48.5 Å². The molecule has 0 bridgehead atoms. The Kier molecular flexibility index (Phi) is 344. The Balaban J connectivity index is -0.000000000833. The predicted molar refractivity (Wildman–Crippen MR) is 16.7 cm³/mol. The fraction of sp³-hybridized carbons (Fsp3) is 0. The Morgan fingerprint density at radius 3 is 1.43 bits per heavy atom. The van der Waals surface area contributed by atoms with Gasteiger partial charge in [-0.15, -0.1) is 0 Å². The van der Waals surface area contributed by atoms with Crippen LogP contribution in [0.25, 0.3) is 0 Å². The van der Waals surface area contributed by atoms with Crippen molar-refractivity contribution in [3.05, 3.63) is 0 Å². The molecule has 0 radical (unpaired) electrons. The molecule has 0 saturated carbocycles. The molecular formula is H6CaFNaNbO3. The Morgan fingerprint density at radius 2 is 1.43 bits per heavy atom. The van der Waals surface area contributed by atoms with Crippen molar-refractivity contribution < 1.29 is 73.4 Å². The SMILES string of the molecule is O.OF.[Ca+2].[H-].[H-].[H-].[Na+].[O]=[Nb]. The molecule has 0 aromatic heterocycles. The summed E-state index contributed by atoms with van der Waals surface area (Å²) in [6.45, 7) is 0. The molecule has 39 valence electrons. The van der Waals surface area contributed by atoms with Crippen LogP contribution in [0.5, 0.6) is 0 Å². The van der Waals surface area contributed by atoms with Gasteiger partial charge >= 0.3 is 91.6 Å². The normalized spacial score (nSPS) is 1.29. The van der Waals surface area contributed by atoms with Crippen molar-refractivity contribution in [3.8, 4) is 0 Å². The topological polar surface area (TPSA) is 68.8 Å². The summed E-state index contributed by atoms with van der Waals surface area (Å²) < 4.78 is 16.8. The summed E-state index contributed by atoms with van der Waals surface area (Å²) >= 11 is 0.500. The van der Waals surface area contributed by atoms with Gasteiger partial charge in [0.2, 0.25) is 0 Å². The molecule has 0 fully saturated rings. The molecule has 0 saturated heterocycles. The number of halogens is 1. The average Bonchev–Trinajstić information content (AvgIpc) is 1.50. The molecule has 0 aliphatic carbocycles. The fourth-order valence-electron chi connectivity index (χ4n) is 0. The standard InChI is InChI=1S/Ca.FHO.Na.Nb.H2O.O.3H/c;1-2;;;;;;;/h;2H;;;1H2;;;;/q+2;;+1;;;;3*-1. The summed E-state index contributed by atoms with van der Waals surface area (Å²) in [6, 6.07) is 0. The Hall–Kier alpha value is 2.65. The van der Waals surface area contributed by atoms with Gasteiger partial charge < -0.3 is 9.76 Å². The molecule has 3 nitrogen and oxygen atoms in total. The van der Waals surface area contributed by atoms with Gasteiger partial charge in [-0.2, -0.15) is 0 Å². The molecular weight excluding hydrogens is 223 g/mol. The van der Waals surface area contributed by atoms with E-state index in [1.807, 2.05) is 0 Å². The van der Waals surface area contributed by atoms with E-state index in [4.69, 9.17) is 13.1 Å². The summed E-state index contributed by atoms with van der Waals surface area (Å²) in [4.78, 5) is 0. The molecule has 0 atom stereocenters. The van der Waals surface area contributed by atoms with Crippen LogP contribution in [0.1, 0.15) is 4.28 Å². The van der Waals surface area contributed by atoms with Crippen molar-refractivity contribution in [2.75, 3.05) is 0 Å². The zero-order valence-electron chi connectivity index (χ0n) is 6.89. The molecule has 0 spiro atoms. The monoisotopic (exact) mass is 229 g/mol. The average molecular weight is 229 g/mol. The summed E-state index contributed by atoms with van der Waals surface area (Å²) in [7, 11) is 0. The van der Waals surface area contributed by atoms with Crippen LogP contribution in [0.2, 0.25) is 0 Å². The van der Waals surface area contributed by atoms with Crippen LogP contribution < -0.4 is 29.6 Å². The summed E-state index contributed by atoms with van der Waals surface area (Å²) in [5, 5.41) is 5.50. The fourth-order valence-corrected chi connectivity index (χ4v) is 0. The quantitative estimate of drug-likeness (QED) is 0.429. The van der Waals surface area contributed by atoms with E-state index in [0.29, 0.717) is 21.0 Å². The molecule has 7 heteroatoms. The summed E-state index contributed by atoms with van der Waals surface area (Å²) in [5.41, 5.74) is 0. The molecule has 0 rings (SSSR count). The first-order valence-corrected chi connectivity index (χ1v) is 1.25. The van der Waals surface area contributed by atoms with Gasteiger partial charge in [-0.05, 0) is 0 Å². The summed E-state index contributed by atoms with van der Waals surface area (Å²) in [5.74, 6) is 0. The van der Waals surface area contributed by atoms with Gasteiger partial charge in [-0.25, -0.2) is 5.31 Å². The van der Waals surface area contributed by atoms with Crippen LogP contribution in [0.15, 0.2) is 0 Å². The van der Waals surface area contributed by atoms with Gasteiger partial charge in [0, 0.05) is 0 Å². The van der Waals surface area contributed by atoms with Crippen molar-refractivity contribution >= 4 is 37.7 Å². The molecule has 0 heterocycles. The molecule has 7 heavy (non-hydrogen) atoms. The predicted octanol–water partition coefficient (Wildman–Crippen LogP) is -4.12.